The summed E-state index contributed by atoms with van der Waals surface area (Å²) in [6, 6.07) is 14.7. The Hall–Kier alpha value is -2.30. The van der Waals surface area contributed by atoms with Crippen molar-refractivity contribution in [1.82, 2.24) is 4.67 Å². The second-order valence-corrected chi connectivity index (χ2v) is 7.77. The van der Waals surface area contributed by atoms with Crippen molar-refractivity contribution >= 4 is 36.8 Å². The maximum absolute atomic E-state index is 13.5. The lowest BCUT2D eigenvalue weighted by atomic mass is 10.3. The van der Waals surface area contributed by atoms with Gasteiger partial charge in [0.1, 0.15) is 12.2 Å². The van der Waals surface area contributed by atoms with Crippen LogP contribution in [-0.4, -0.2) is 23.5 Å². The third-order valence-electron chi connectivity index (χ3n) is 3.57. The lowest BCUT2D eigenvalue weighted by molar-refractivity contribution is -0.132. The largest absolute Gasteiger partial charge is 0.458 e. The molecule has 0 aromatic heterocycles. The minimum atomic E-state index is -3.96. The number of carbonyl (C=O) groups excluding carboxylic acids is 2. The molecule has 6 nitrogen and oxygen atoms in total. The van der Waals surface area contributed by atoms with Gasteiger partial charge in [-0.3, -0.25) is 9.59 Å². The van der Waals surface area contributed by atoms with Crippen LogP contribution in [0, 0.1) is 0 Å². The van der Waals surface area contributed by atoms with E-state index in [1.54, 1.807) is 42.5 Å². The molecule has 0 spiro atoms. The maximum atomic E-state index is 13.5. The third kappa shape index (κ3) is 2.90. The van der Waals surface area contributed by atoms with Crippen LogP contribution in [0.5, 0.6) is 5.75 Å². The molecule has 0 saturated carbocycles. The molecular weight excluding hydrogens is 351 g/mol. The summed E-state index contributed by atoms with van der Waals surface area (Å²) in [6.07, 6.45) is -0.362. The number of benzene rings is 2. The normalized spacial score (nSPS) is 21.1. The van der Waals surface area contributed by atoms with Crippen LogP contribution < -0.4 is 9.19 Å². The first-order chi connectivity index (χ1) is 11.4. The summed E-state index contributed by atoms with van der Waals surface area (Å²) < 4.78 is 21.2. The fraction of sp³-hybridized carbons (Fsp3) is 0.125. The number of hydrogen-bond acceptors (Lipinski definition) is 4. The molecular formula is C16H14ClN2O4P. The average molecular weight is 365 g/mol. The Morgan fingerprint density at radius 3 is 2.25 bits per heavy atom. The molecule has 1 saturated heterocycles. The molecule has 1 unspecified atom stereocenters. The minimum Gasteiger partial charge on any atom is -0.413 e. The maximum Gasteiger partial charge on any atom is 0.458 e. The highest BCUT2D eigenvalue weighted by atomic mass is 35.5. The third-order valence-corrected chi connectivity index (χ3v) is 6.21. The van der Waals surface area contributed by atoms with Gasteiger partial charge in [0.2, 0.25) is 11.8 Å². The molecule has 0 aliphatic carbocycles. The van der Waals surface area contributed by atoms with Crippen LogP contribution in [0.3, 0.4) is 0 Å². The summed E-state index contributed by atoms with van der Waals surface area (Å²) in [7, 11) is -2.60. The van der Waals surface area contributed by atoms with Crippen molar-refractivity contribution in [1.29, 1.82) is 0 Å². The molecule has 1 atom stereocenters. The summed E-state index contributed by atoms with van der Waals surface area (Å²) in [4.78, 5) is 24.5. The predicted molar refractivity (Wildman–Crippen MR) is 91.0 cm³/mol. The Morgan fingerprint density at radius 1 is 1.00 bits per heavy atom. The molecule has 0 bridgehead atoms. The summed E-state index contributed by atoms with van der Waals surface area (Å²) in [5, 5.41) is 0.490. The van der Waals surface area contributed by atoms with Crippen LogP contribution in [0.1, 0.15) is 6.42 Å². The Bertz CT molecular complexity index is 826. The van der Waals surface area contributed by atoms with Crippen molar-refractivity contribution in [3.8, 4) is 5.75 Å². The van der Waals surface area contributed by atoms with Crippen molar-refractivity contribution in [2.24, 2.45) is 0 Å². The first kappa shape index (κ1) is 16.6. The molecule has 1 heterocycles. The number of nitrogens with zero attached hydrogens (tertiary/aromatic N) is 2. The van der Waals surface area contributed by atoms with E-state index in [1.165, 1.54) is 19.2 Å². The molecule has 1 aliphatic heterocycles. The molecule has 2 amide bonds. The van der Waals surface area contributed by atoms with E-state index in [4.69, 9.17) is 16.1 Å². The highest BCUT2D eigenvalue weighted by Crippen LogP contribution is 2.57. The molecule has 2 aromatic carbocycles. The zero-order chi connectivity index (χ0) is 17.3. The first-order valence-electron chi connectivity index (χ1n) is 7.12. The van der Waals surface area contributed by atoms with Gasteiger partial charge in [-0.2, -0.15) is 0 Å². The average Bonchev–Trinajstić information content (AvgIpc) is 2.56. The fourth-order valence-electron chi connectivity index (χ4n) is 2.33. The van der Waals surface area contributed by atoms with E-state index in [2.05, 4.69) is 0 Å². The Labute approximate surface area is 144 Å². The molecule has 1 aliphatic rings. The molecule has 3 rings (SSSR count). The van der Waals surface area contributed by atoms with Gasteiger partial charge in [0.05, 0.1) is 5.69 Å². The first-order valence-corrected chi connectivity index (χ1v) is 9.03. The number of halogens is 1. The van der Waals surface area contributed by atoms with Crippen LogP contribution in [0.25, 0.3) is 0 Å². The molecule has 0 radical (unpaired) electrons. The standard InChI is InChI=1S/C16H14ClN2O4P/c1-18-15(20)11-16(21)19(13-5-3-2-4-6-13)24(18,22)23-14-9-7-12(17)8-10-14/h2-10H,11H2,1H3. The van der Waals surface area contributed by atoms with Crippen LogP contribution in [0.2, 0.25) is 5.02 Å². The van der Waals surface area contributed by atoms with Crippen LogP contribution in [-0.2, 0) is 14.2 Å². The van der Waals surface area contributed by atoms with E-state index in [0.717, 1.165) is 9.34 Å². The van der Waals surface area contributed by atoms with Crippen molar-refractivity contribution in [3.05, 3.63) is 59.6 Å². The Morgan fingerprint density at radius 2 is 1.62 bits per heavy atom. The van der Waals surface area contributed by atoms with Gasteiger partial charge in [-0.25, -0.2) is 13.9 Å². The number of hydrogen-bond donors (Lipinski definition) is 0. The molecule has 24 heavy (non-hydrogen) atoms. The molecule has 8 heteroatoms. The number of amides is 2. The predicted octanol–water partition coefficient (Wildman–Crippen LogP) is 3.72. The highest BCUT2D eigenvalue weighted by Gasteiger charge is 2.50. The van der Waals surface area contributed by atoms with E-state index in [9.17, 15) is 14.2 Å². The molecule has 0 N–H and O–H groups in total. The quantitative estimate of drug-likeness (QED) is 0.615. The monoisotopic (exact) mass is 364 g/mol. The van der Waals surface area contributed by atoms with E-state index >= 15 is 0 Å². The number of carbonyl (C=O) groups is 2. The summed E-state index contributed by atoms with van der Waals surface area (Å²) in [5.41, 5.74) is 0.402. The van der Waals surface area contributed by atoms with Gasteiger partial charge in [-0.1, -0.05) is 29.8 Å². The summed E-state index contributed by atoms with van der Waals surface area (Å²) in [5.74, 6) is -0.871. The SMILES string of the molecule is CN1C(=O)CC(=O)N(c2ccccc2)P1(=O)Oc1ccc(Cl)cc1. The Balaban J connectivity index is 2.06. The van der Waals surface area contributed by atoms with Crippen molar-refractivity contribution in [2.75, 3.05) is 11.7 Å². The number of rotatable bonds is 3. The van der Waals surface area contributed by atoms with Crippen LogP contribution in [0.4, 0.5) is 5.69 Å². The van der Waals surface area contributed by atoms with Gasteiger partial charge in [-0.15, -0.1) is 0 Å². The van der Waals surface area contributed by atoms with Crippen LogP contribution >= 0.6 is 19.3 Å². The lowest BCUT2D eigenvalue weighted by Gasteiger charge is -2.39. The van der Waals surface area contributed by atoms with Crippen molar-refractivity contribution in [3.63, 3.8) is 0 Å². The zero-order valence-corrected chi connectivity index (χ0v) is 14.4. The van der Waals surface area contributed by atoms with Gasteiger partial charge in [0, 0.05) is 12.1 Å². The molecule has 2 aromatic rings. The summed E-state index contributed by atoms with van der Waals surface area (Å²) >= 11 is 5.84. The fourth-order valence-corrected chi connectivity index (χ4v) is 4.45. The number of para-hydroxylation sites is 1. The Kier molecular flexibility index (Phi) is 4.35. The van der Waals surface area contributed by atoms with Gasteiger partial charge in [0.25, 0.3) is 0 Å². The smallest absolute Gasteiger partial charge is 0.413 e. The van der Waals surface area contributed by atoms with Gasteiger partial charge < -0.3 is 4.52 Å². The lowest BCUT2D eigenvalue weighted by Crippen LogP contribution is -2.46. The van der Waals surface area contributed by atoms with E-state index in [1.807, 2.05) is 0 Å². The van der Waals surface area contributed by atoms with Gasteiger partial charge in [0.15, 0.2) is 0 Å². The van der Waals surface area contributed by atoms with Crippen molar-refractivity contribution in [2.45, 2.75) is 6.42 Å². The van der Waals surface area contributed by atoms with Gasteiger partial charge in [-0.05, 0) is 36.4 Å². The molecule has 1 fully saturated rings. The zero-order valence-electron chi connectivity index (χ0n) is 12.8. The minimum absolute atomic E-state index is 0.248. The molecule has 124 valence electrons. The van der Waals surface area contributed by atoms with Crippen LogP contribution in [0.15, 0.2) is 54.6 Å². The van der Waals surface area contributed by atoms with Crippen molar-refractivity contribution < 1.29 is 18.7 Å². The van der Waals surface area contributed by atoms with E-state index in [0.29, 0.717) is 10.7 Å². The van der Waals surface area contributed by atoms with Gasteiger partial charge >= 0.3 is 7.67 Å². The second kappa shape index (κ2) is 6.30. The van der Waals surface area contributed by atoms with E-state index in [-0.39, 0.29) is 12.2 Å². The topological polar surface area (TPSA) is 66.9 Å². The summed E-state index contributed by atoms with van der Waals surface area (Å²) in [6.45, 7) is 0. The second-order valence-electron chi connectivity index (χ2n) is 5.17. The van der Waals surface area contributed by atoms with E-state index < -0.39 is 19.5 Å². The highest BCUT2D eigenvalue weighted by molar-refractivity contribution is 7.60. The number of anilines is 1.